The van der Waals surface area contributed by atoms with Crippen LogP contribution in [0.25, 0.3) is 12.2 Å². The van der Waals surface area contributed by atoms with Gasteiger partial charge in [-0.1, -0.05) is 31.6 Å². The molecule has 2 rings (SSSR count). The fourth-order valence-corrected chi connectivity index (χ4v) is 3.22. The fourth-order valence-electron chi connectivity index (χ4n) is 3.22. The second-order valence-electron chi connectivity index (χ2n) is 10.2. The van der Waals surface area contributed by atoms with Gasteiger partial charge in [-0.2, -0.15) is 0 Å². The summed E-state index contributed by atoms with van der Waals surface area (Å²) >= 11 is 0. The maximum Gasteiger partial charge on any atom is 0.287 e. The monoisotopic (exact) mass is 454 g/mol. The lowest BCUT2D eigenvalue weighted by molar-refractivity contribution is 0.0900. The van der Waals surface area contributed by atoms with Crippen molar-refractivity contribution < 1.29 is 14.3 Å². The van der Waals surface area contributed by atoms with Crippen molar-refractivity contribution >= 4 is 24.0 Å². The van der Waals surface area contributed by atoms with Crippen molar-refractivity contribution in [3.05, 3.63) is 47.0 Å². The van der Waals surface area contributed by atoms with Gasteiger partial charge in [-0.15, -0.1) is 0 Å². The molecular formula is C26H38N4O3. The van der Waals surface area contributed by atoms with Crippen molar-refractivity contribution in [1.29, 1.82) is 0 Å². The average Bonchev–Trinajstić information content (AvgIpc) is 3.07. The number of hydrogen-bond donors (Lipinski definition) is 2. The van der Waals surface area contributed by atoms with Gasteiger partial charge in [-0.05, 0) is 71.7 Å². The van der Waals surface area contributed by atoms with E-state index in [9.17, 15) is 9.59 Å². The van der Waals surface area contributed by atoms with E-state index in [0.29, 0.717) is 17.9 Å². The summed E-state index contributed by atoms with van der Waals surface area (Å²) in [6.07, 6.45) is 5.42. The molecule has 0 bridgehead atoms. The largest absolute Gasteiger partial charge is 0.497 e. The molecule has 0 aliphatic carbocycles. The number of unbranched alkanes of at least 4 members (excludes halogenated alkanes) is 1. The van der Waals surface area contributed by atoms with Crippen LogP contribution in [0.1, 0.15) is 93.7 Å². The van der Waals surface area contributed by atoms with E-state index in [1.54, 1.807) is 17.8 Å². The molecule has 7 nitrogen and oxygen atoms in total. The molecule has 0 fully saturated rings. The number of imidazole rings is 1. The van der Waals surface area contributed by atoms with Gasteiger partial charge in [0.05, 0.1) is 12.8 Å². The Balaban J connectivity index is 2.59. The van der Waals surface area contributed by atoms with Crippen LogP contribution < -0.4 is 15.4 Å². The number of benzene rings is 1. The Kier molecular flexibility index (Phi) is 8.47. The third-order valence-electron chi connectivity index (χ3n) is 4.67. The molecule has 1 heterocycles. The van der Waals surface area contributed by atoms with Crippen molar-refractivity contribution in [3.8, 4) is 5.75 Å². The molecule has 0 aliphatic heterocycles. The Bertz CT molecular complexity index is 990. The van der Waals surface area contributed by atoms with Crippen LogP contribution in [-0.2, 0) is 6.54 Å². The quantitative estimate of drug-likeness (QED) is 0.593. The topological polar surface area (TPSA) is 85.2 Å². The number of hydrogen-bond acceptors (Lipinski definition) is 4. The summed E-state index contributed by atoms with van der Waals surface area (Å²) in [6.45, 7) is 14.1. The molecule has 0 unspecified atom stereocenters. The van der Waals surface area contributed by atoms with Gasteiger partial charge in [0.1, 0.15) is 11.4 Å². The van der Waals surface area contributed by atoms with Crippen LogP contribution in [-0.4, -0.2) is 39.6 Å². The molecule has 0 saturated heterocycles. The van der Waals surface area contributed by atoms with Crippen LogP contribution in [0.5, 0.6) is 5.75 Å². The highest BCUT2D eigenvalue weighted by Crippen LogP contribution is 2.20. The van der Waals surface area contributed by atoms with Crippen molar-refractivity contribution in [3.63, 3.8) is 0 Å². The molecule has 1 aromatic heterocycles. The predicted molar refractivity (Wildman–Crippen MR) is 133 cm³/mol. The molecule has 2 amide bonds. The van der Waals surface area contributed by atoms with Crippen molar-refractivity contribution in [2.24, 2.45) is 0 Å². The van der Waals surface area contributed by atoms with E-state index in [-0.39, 0.29) is 17.6 Å². The molecule has 0 radical (unpaired) electrons. The maximum absolute atomic E-state index is 13.3. The lowest BCUT2D eigenvalue weighted by atomic mass is 10.1. The zero-order valence-corrected chi connectivity index (χ0v) is 21.2. The van der Waals surface area contributed by atoms with E-state index in [0.717, 1.165) is 24.2 Å². The van der Waals surface area contributed by atoms with Gasteiger partial charge in [0.25, 0.3) is 11.8 Å². The highest BCUT2D eigenvalue weighted by atomic mass is 16.5. The highest BCUT2D eigenvalue weighted by Gasteiger charge is 2.28. The molecule has 1 aromatic carbocycles. The summed E-state index contributed by atoms with van der Waals surface area (Å²) in [5, 5.41) is 6.00. The second-order valence-corrected chi connectivity index (χ2v) is 10.2. The number of methoxy groups -OCH3 is 1. The van der Waals surface area contributed by atoms with Gasteiger partial charge in [-0.3, -0.25) is 9.59 Å². The third kappa shape index (κ3) is 7.77. The molecular weight excluding hydrogens is 416 g/mol. The van der Waals surface area contributed by atoms with E-state index in [1.807, 2.05) is 71.9 Å². The summed E-state index contributed by atoms with van der Waals surface area (Å²) in [5.41, 5.74) is 0.930. The smallest absolute Gasteiger partial charge is 0.287 e. The molecule has 180 valence electrons. The number of ether oxygens (including phenoxy) is 1. The molecule has 0 atom stereocenters. The number of nitrogens with one attached hydrogen (secondary N) is 2. The first kappa shape index (κ1) is 26.2. The zero-order valence-electron chi connectivity index (χ0n) is 21.2. The minimum Gasteiger partial charge on any atom is -0.497 e. The van der Waals surface area contributed by atoms with E-state index < -0.39 is 11.1 Å². The Hall–Kier alpha value is -3.09. The van der Waals surface area contributed by atoms with E-state index >= 15 is 0 Å². The Morgan fingerprint density at radius 2 is 1.55 bits per heavy atom. The minimum absolute atomic E-state index is 0.242. The number of amides is 2. The van der Waals surface area contributed by atoms with Gasteiger partial charge in [0, 0.05) is 17.6 Å². The summed E-state index contributed by atoms with van der Waals surface area (Å²) < 4.78 is 6.96. The molecule has 7 heteroatoms. The Labute approximate surface area is 197 Å². The van der Waals surface area contributed by atoms with Crippen LogP contribution in [0.4, 0.5) is 0 Å². The minimum atomic E-state index is -0.429. The van der Waals surface area contributed by atoms with Crippen molar-refractivity contribution in [2.45, 2.75) is 78.9 Å². The van der Waals surface area contributed by atoms with Crippen molar-refractivity contribution in [1.82, 2.24) is 20.2 Å². The second kappa shape index (κ2) is 10.7. The third-order valence-corrected chi connectivity index (χ3v) is 4.67. The summed E-state index contributed by atoms with van der Waals surface area (Å²) in [4.78, 5) is 31.1. The first-order valence-electron chi connectivity index (χ1n) is 11.4. The molecule has 2 N–H and O–H groups in total. The molecule has 33 heavy (non-hydrogen) atoms. The first-order chi connectivity index (χ1) is 15.3. The number of carbonyl (C=O) groups excluding carboxylic acids is 2. The van der Waals surface area contributed by atoms with Crippen LogP contribution in [0.15, 0.2) is 24.3 Å². The lowest BCUT2D eigenvalue weighted by Gasteiger charge is -2.22. The number of carbonyl (C=O) groups is 2. The van der Waals surface area contributed by atoms with E-state index in [2.05, 4.69) is 22.5 Å². The summed E-state index contributed by atoms with van der Waals surface area (Å²) in [6, 6.07) is 7.58. The predicted octanol–water partition coefficient (Wildman–Crippen LogP) is 4.92. The highest BCUT2D eigenvalue weighted by molar-refractivity contribution is 6.00. The summed E-state index contributed by atoms with van der Waals surface area (Å²) in [7, 11) is 1.62. The first-order valence-corrected chi connectivity index (χ1v) is 11.4. The lowest BCUT2D eigenvalue weighted by Crippen LogP contribution is -2.43. The Morgan fingerprint density at radius 3 is 2.06 bits per heavy atom. The maximum atomic E-state index is 13.3. The number of nitrogens with zero attached hydrogens (tertiary/aromatic N) is 2. The van der Waals surface area contributed by atoms with Gasteiger partial charge < -0.3 is 19.9 Å². The normalized spacial score (nSPS) is 12.1. The fraction of sp³-hybridized carbons (Fsp3) is 0.500. The number of aromatic nitrogens is 2. The summed E-state index contributed by atoms with van der Waals surface area (Å²) in [5.74, 6) is 0.456. The SMILES string of the molecule is CCCCn1c(C(=O)NC(C)(C)C)nc(/C=C/c2ccc(OC)cc2)c1C(=O)NC(C)(C)C. The van der Waals surface area contributed by atoms with E-state index in [1.165, 1.54) is 0 Å². The van der Waals surface area contributed by atoms with Crippen LogP contribution in [0.2, 0.25) is 0 Å². The van der Waals surface area contributed by atoms with Gasteiger partial charge in [0.15, 0.2) is 5.82 Å². The molecule has 0 saturated carbocycles. The van der Waals surface area contributed by atoms with Crippen molar-refractivity contribution in [2.75, 3.05) is 7.11 Å². The molecule has 2 aromatic rings. The van der Waals surface area contributed by atoms with Crippen LogP contribution in [0, 0.1) is 0 Å². The van der Waals surface area contributed by atoms with Gasteiger partial charge in [0.2, 0.25) is 0 Å². The van der Waals surface area contributed by atoms with E-state index in [4.69, 9.17) is 4.74 Å². The van der Waals surface area contributed by atoms with Gasteiger partial charge in [-0.25, -0.2) is 4.98 Å². The molecule has 0 spiro atoms. The van der Waals surface area contributed by atoms with Gasteiger partial charge >= 0.3 is 0 Å². The molecule has 0 aliphatic rings. The zero-order chi connectivity index (χ0) is 24.8. The Morgan fingerprint density at radius 1 is 0.970 bits per heavy atom. The van der Waals surface area contributed by atoms with Crippen LogP contribution in [0.3, 0.4) is 0 Å². The van der Waals surface area contributed by atoms with Crippen LogP contribution >= 0.6 is 0 Å². The average molecular weight is 455 g/mol. The standard InChI is InChI=1S/C26H38N4O3/c1-9-10-17-30-21(23(31)28-25(2,3)4)20(27-22(30)24(32)29-26(5,6)7)16-13-18-11-14-19(33-8)15-12-18/h11-16H,9-10,17H2,1-8H3,(H,28,31)(H,29,32)/b16-13+. The number of rotatable bonds is 8.